The summed E-state index contributed by atoms with van der Waals surface area (Å²) in [6, 6.07) is 20.7. The van der Waals surface area contributed by atoms with Gasteiger partial charge in [0, 0.05) is 12.1 Å². The highest BCUT2D eigenvalue weighted by atomic mass is 32.2. The molecule has 1 N–H and O–H groups in total. The van der Waals surface area contributed by atoms with Gasteiger partial charge in [-0.3, -0.25) is 13.9 Å². The lowest BCUT2D eigenvalue weighted by Crippen LogP contribution is -2.54. The molecule has 2 amide bonds. The van der Waals surface area contributed by atoms with Crippen LogP contribution in [0, 0.1) is 0 Å². The number of hydrogen-bond acceptors (Lipinski definition) is 6. The fourth-order valence-corrected chi connectivity index (χ4v) is 5.54. The van der Waals surface area contributed by atoms with E-state index in [9.17, 15) is 18.0 Å². The first kappa shape index (κ1) is 31.5. The molecule has 3 aromatic carbocycles. The van der Waals surface area contributed by atoms with Crippen molar-refractivity contribution in [3.8, 4) is 11.5 Å². The average molecular weight is 582 g/mol. The summed E-state index contributed by atoms with van der Waals surface area (Å²) in [5.41, 5.74) is 0.528. The Morgan fingerprint density at radius 1 is 0.902 bits per heavy atom. The largest absolute Gasteiger partial charge is 0.497 e. The zero-order valence-corrected chi connectivity index (χ0v) is 25.3. The third-order valence-corrected chi connectivity index (χ3v) is 8.01. The molecule has 0 aliphatic rings. The number of benzene rings is 3. The van der Waals surface area contributed by atoms with Crippen molar-refractivity contribution in [2.24, 2.45) is 0 Å². The van der Waals surface area contributed by atoms with Crippen LogP contribution in [0.4, 0.5) is 5.69 Å². The maximum atomic E-state index is 14.0. The molecule has 0 spiro atoms. The molecule has 1 atom stereocenters. The maximum absolute atomic E-state index is 14.0. The first-order valence-electron chi connectivity index (χ1n) is 13.4. The Morgan fingerprint density at radius 3 is 2.02 bits per heavy atom. The predicted octanol–water partition coefficient (Wildman–Crippen LogP) is 4.62. The van der Waals surface area contributed by atoms with E-state index in [2.05, 4.69) is 5.32 Å². The van der Waals surface area contributed by atoms with Gasteiger partial charge in [0.1, 0.15) is 24.1 Å². The molecular formula is C31H39N3O6S. The van der Waals surface area contributed by atoms with Crippen LogP contribution in [0.2, 0.25) is 0 Å². The van der Waals surface area contributed by atoms with Gasteiger partial charge in [-0.05, 0) is 88.7 Å². The quantitative estimate of drug-likeness (QED) is 0.335. The molecule has 0 aliphatic carbocycles. The Hall–Kier alpha value is -4.05. The molecule has 0 bridgehead atoms. The van der Waals surface area contributed by atoms with Crippen LogP contribution >= 0.6 is 0 Å². The van der Waals surface area contributed by atoms with Crippen LogP contribution < -0.4 is 19.1 Å². The number of ether oxygens (including phenoxy) is 2. The van der Waals surface area contributed by atoms with Crippen molar-refractivity contribution in [2.45, 2.75) is 57.6 Å². The molecule has 10 heteroatoms. The molecule has 9 nitrogen and oxygen atoms in total. The first-order valence-corrected chi connectivity index (χ1v) is 14.8. The van der Waals surface area contributed by atoms with Crippen molar-refractivity contribution in [1.29, 1.82) is 0 Å². The maximum Gasteiger partial charge on any atom is 0.264 e. The second-order valence-corrected chi connectivity index (χ2v) is 12.4. The molecule has 3 aromatic rings. The lowest BCUT2D eigenvalue weighted by molar-refractivity contribution is -0.140. The van der Waals surface area contributed by atoms with Gasteiger partial charge in [-0.2, -0.15) is 0 Å². The van der Waals surface area contributed by atoms with Crippen LogP contribution in [0.25, 0.3) is 0 Å². The van der Waals surface area contributed by atoms with E-state index in [4.69, 9.17) is 9.47 Å². The van der Waals surface area contributed by atoms with Gasteiger partial charge in [0.05, 0.1) is 24.3 Å². The summed E-state index contributed by atoms with van der Waals surface area (Å²) in [6.45, 7) is 9.08. The third kappa shape index (κ3) is 8.47. The molecule has 0 heterocycles. The van der Waals surface area contributed by atoms with Crippen LogP contribution in [-0.4, -0.2) is 57.0 Å². The number of amides is 2. The summed E-state index contributed by atoms with van der Waals surface area (Å²) in [7, 11) is -2.57. The zero-order valence-electron chi connectivity index (χ0n) is 24.5. The number of methoxy groups -OCH3 is 1. The number of carbonyl (C=O) groups excluding carboxylic acids is 2. The van der Waals surface area contributed by atoms with E-state index in [0.717, 1.165) is 9.87 Å². The normalized spacial score (nSPS) is 12.2. The lowest BCUT2D eigenvalue weighted by Gasteiger charge is -2.33. The highest BCUT2D eigenvalue weighted by Gasteiger charge is 2.33. The molecule has 220 valence electrons. The SMILES string of the molecule is CCOc1ccc(N(CC(=O)N(Cc2ccc(OC)cc2)[C@@H](C)C(=O)NC(C)(C)C)S(=O)(=O)c2ccccc2)cc1. The van der Waals surface area contributed by atoms with Gasteiger partial charge in [0.2, 0.25) is 11.8 Å². The lowest BCUT2D eigenvalue weighted by atomic mass is 10.1. The highest BCUT2D eigenvalue weighted by Crippen LogP contribution is 2.27. The van der Waals surface area contributed by atoms with Crippen molar-refractivity contribution >= 4 is 27.5 Å². The Bertz CT molecular complexity index is 1400. The Labute approximate surface area is 243 Å². The van der Waals surface area contributed by atoms with Crippen LogP contribution in [0.5, 0.6) is 11.5 Å². The number of nitrogens with zero attached hydrogens (tertiary/aromatic N) is 2. The number of anilines is 1. The van der Waals surface area contributed by atoms with Crippen LogP contribution in [0.15, 0.2) is 83.8 Å². The second-order valence-electron chi connectivity index (χ2n) is 10.5. The predicted molar refractivity (Wildman–Crippen MR) is 159 cm³/mol. The standard InChI is InChI=1S/C31H39N3O6S/c1-7-40-27-19-15-25(16-20-27)34(41(37,38)28-11-9-8-10-12-28)22-29(35)33(23(2)30(36)32-31(3,4)5)21-24-13-17-26(39-6)18-14-24/h8-20,23H,7,21-22H2,1-6H3,(H,32,36)/t23-/m0/s1. The molecule has 0 radical (unpaired) electrons. The van der Waals surface area contributed by atoms with Crippen LogP contribution in [-0.2, 0) is 26.2 Å². The van der Waals surface area contributed by atoms with Crippen LogP contribution in [0.3, 0.4) is 0 Å². The first-order chi connectivity index (χ1) is 19.4. The minimum absolute atomic E-state index is 0.0434. The van der Waals surface area contributed by atoms with E-state index in [1.54, 1.807) is 80.8 Å². The van der Waals surface area contributed by atoms with Crippen LogP contribution in [0.1, 0.15) is 40.2 Å². The summed E-state index contributed by atoms with van der Waals surface area (Å²) < 4.78 is 39.5. The molecular weight excluding hydrogens is 542 g/mol. The Morgan fingerprint density at radius 2 is 1.49 bits per heavy atom. The highest BCUT2D eigenvalue weighted by molar-refractivity contribution is 7.92. The monoisotopic (exact) mass is 581 g/mol. The van der Waals surface area contributed by atoms with Gasteiger partial charge in [-0.25, -0.2) is 8.42 Å². The fraction of sp³-hybridized carbons (Fsp3) is 0.355. The smallest absolute Gasteiger partial charge is 0.264 e. The molecule has 0 saturated heterocycles. The van der Waals surface area contributed by atoms with Crippen molar-refractivity contribution in [2.75, 3.05) is 24.6 Å². The molecule has 0 aliphatic heterocycles. The molecule has 41 heavy (non-hydrogen) atoms. The molecule has 0 aromatic heterocycles. The van der Waals surface area contributed by atoms with Gasteiger partial charge in [0.25, 0.3) is 10.0 Å². The summed E-state index contributed by atoms with van der Waals surface area (Å²) in [6.07, 6.45) is 0. The van der Waals surface area contributed by atoms with Crippen molar-refractivity contribution in [3.05, 3.63) is 84.4 Å². The van der Waals surface area contributed by atoms with Gasteiger partial charge >= 0.3 is 0 Å². The molecule has 0 unspecified atom stereocenters. The number of nitrogens with one attached hydrogen (secondary N) is 1. The zero-order chi connectivity index (χ0) is 30.2. The minimum Gasteiger partial charge on any atom is -0.497 e. The second kappa shape index (κ2) is 13.5. The Balaban J connectivity index is 2.02. The minimum atomic E-state index is -4.14. The summed E-state index contributed by atoms with van der Waals surface area (Å²) in [5.74, 6) is 0.345. The number of carbonyl (C=O) groups is 2. The molecule has 0 fully saturated rings. The summed E-state index contributed by atoms with van der Waals surface area (Å²) in [5, 5.41) is 2.92. The van der Waals surface area contributed by atoms with E-state index >= 15 is 0 Å². The topological polar surface area (TPSA) is 105 Å². The van der Waals surface area contributed by atoms with Crippen molar-refractivity contribution in [3.63, 3.8) is 0 Å². The Kier molecular flexibility index (Phi) is 10.4. The van der Waals surface area contributed by atoms with E-state index in [-0.39, 0.29) is 17.3 Å². The van der Waals surface area contributed by atoms with Gasteiger partial charge in [0.15, 0.2) is 0 Å². The van der Waals surface area contributed by atoms with Crippen molar-refractivity contribution in [1.82, 2.24) is 10.2 Å². The average Bonchev–Trinajstić information content (AvgIpc) is 2.94. The summed E-state index contributed by atoms with van der Waals surface area (Å²) in [4.78, 5) is 28.6. The van der Waals surface area contributed by atoms with Crippen molar-refractivity contribution < 1.29 is 27.5 Å². The van der Waals surface area contributed by atoms with Gasteiger partial charge in [-0.15, -0.1) is 0 Å². The van der Waals surface area contributed by atoms with E-state index in [1.807, 2.05) is 27.7 Å². The van der Waals surface area contributed by atoms with E-state index < -0.39 is 34.1 Å². The number of hydrogen-bond donors (Lipinski definition) is 1. The summed E-state index contributed by atoms with van der Waals surface area (Å²) >= 11 is 0. The third-order valence-electron chi connectivity index (χ3n) is 6.22. The van der Waals surface area contributed by atoms with E-state index in [0.29, 0.717) is 23.8 Å². The van der Waals surface area contributed by atoms with E-state index in [1.165, 1.54) is 17.0 Å². The molecule has 0 saturated carbocycles. The fourth-order valence-electron chi connectivity index (χ4n) is 4.11. The molecule has 3 rings (SSSR count). The van der Waals surface area contributed by atoms with Gasteiger partial charge in [-0.1, -0.05) is 30.3 Å². The number of rotatable bonds is 12. The van der Waals surface area contributed by atoms with Gasteiger partial charge < -0.3 is 19.7 Å². The number of sulfonamides is 1.